The predicted octanol–water partition coefficient (Wildman–Crippen LogP) is 1.80. The number of hydrogen-bond donors (Lipinski definition) is 2. The summed E-state index contributed by atoms with van der Waals surface area (Å²) in [5.74, 6) is -2.65. The quantitative estimate of drug-likeness (QED) is 0.826. The van der Waals surface area contributed by atoms with E-state index in [1.165, 1.54) is 0 Å². The van der Waals surface area contributed by atoms with Crippen molar-refractivity contribution in [2.75, 3.05) is 0 Å². The molecule has 1 aromatic rings. The summed E-state index contributed by atoms with van der Waals surface area (Å²) in [5, 5.41) is 22.3. The number of Topliss-reactive ketones (excluding diaryl/α,β-unsaturated/α-hetero) is 1. The summed E-state index contributed by atoms with van der Waals surface area (Å²) in [6, 6.07) is 9.40. The maximum absolute atomic E-state index is 13.1. The van der Waals surface area contributed by atoms with Crippen molar-refractivity contribution < 1.29 is 24.5 Å². The molecule has 3 aliphatic rings. The van der Waals surface area contributed by atoms with Gasteiger partial charge in [0.1, 0.15) is 0 Å². The van der Waals surface area contributed by atoms with E-state index in [1.54, 1.807) is 6.92 Å². The number of carbonyl (C=O) groups is 1. The zero-order chi connectivity index (χ0) is 17.2. The molecule has 0 amide bonds. The highest BCUT2D eigenvalue weighted by Gasteiger charge is 2.76. The van der Waals surface area contributed by atoms with Crippen LogP contribution in [0.5, 0.6) is 0 Å². The molecule has 24 heavy (non-hydrogen) atoms. The summed E-state index contributed by atoms with van der Waals surface area (Å²) in [6.07, 6.45) is 1.07. The number of fused-ring (bicyclic) bond motifs is 4. The number of aliphatic hydroxyl groups is 2. The minimum atomic E-state index is -1.97. The molecule has 1 aliphatic carbocycles. The highest BCUT2D eigenvalue weighted by atomic mass is 16.6. The first-order valence-electron chi connectivity index (χ1n) is 8.64. The van der Waals surface area contributed by atoms with Gasteiger partial charge in [-0.1, -0.05) is 37.3 Å². The summed E-state index contributed by atoms with van der Waals surface area (Å²) in [6.45, 7) is 3.75. The van der Waals surface area contributed by atoms with Gasteiger partial charge >= 0.3 is 0 Å². The van der Waals surface area contributed by atoms with Crippen molar-refractivity contribution in [2.45, 2.75) is 63.3 Å². The molecule has 2 N–H and O–H groups in total. The third-order valence-electron chi connectivity index (χ3n) is 6.56. The normalized spacial score (nSPS) is 47.0. The number of ketones is 1. The lowest BCUT2D eigenvalue weighted by molar-refractivity contribution is -0.226. The number of carbonyl (C=O) groups excluding carboxylic acids is 1. The Labute approximate surface area is 141 Å². The molecule has 0 unspecified atom stereocenters. The Morgan fingerprint density at radius 3 is 2.67 bits per heavy atom. The molecule has 0 radical (unpaired) electrons. The van der Waals surface area contributed by atoms with Crippen molar-refractivity contribution in [3.63, 3.8) is 0 Å². The molecule has 6 atom stereocenters. The van der Waals surface area contributed by atoms with Crippen LogP contribution in [-0.2, 0) is 20.9 Å². The molecule has 0 aromatic heterocycles. The first-order chi connectivity index (χ1) is 11.3. The Bertz CT molecular complexity index is 661. The zero-order valence-corrected chi connectivity index (χ0v) is 14.1. The van der Waals surface area contributed by atoms with Gasteiger partial charge in [-0.25, -0.2) is 0 Å². The largest absolute Gasteiger partial charge is 0.388 e. The number of hydrogen-bond acceptors (Lipinski definition) is 5. The van der Waals surface area contributed by atoms with Crippen LogP contribution in [0.1, 0.15) is 38.7 Å². The maximum Gasteiger partial charge on any atom is 0.230 e. The van der Waals surface area contributed by atoms with E-state index >= 15 is 0 Å². The smallest absolute Gasteiger partial charge is 0.230 e. The summed E-state index contributed by atoms with van der Waals surface area (Å²) in [7, 11) is 0. The van der Waals surface area contributed by atoms with Crippen LogP contribution in [0.25, 0.3) is 0 Å². The van der Waals surface area contributed by atoms with E-state index in [1.807, 2.05) is 37.3 Å². The minimum Gasteiger partial charge on any atom is -0.388 e. The molecule has 5 nitrogen and oxygen atoms in total. The summed E-state index contributed by atoms with van der Waals surface area (Å²) in [5.41, 5.74) is -1.57. The topological polar surface area (TPSA) is 76.0 Å². The number of benzene rings is 1. The van der Waals surface area contributed by atoms with Crippen LogP contribution < -0.4 is 0 Å². The average Bonchev–Trinajstić information content (AvgIpc) is 3.11. The van der Waals surface area contributed by atoms with Gasteiger partial charge in [0.2, 0.25) is 11.6 Å². The third-order valence-corrected chi connectivity index (χ3v) is 6.56. The van der Waals surface area contributed by atoms with Gasteiger partial charge in [-0.2, -0.15) is 0 Å². The van der Waals surface area contributed by atoms with Gasteiger partial charge in [0, 0.05) is 12.3 Å². The lowest BCUT2D eigenvalue weighted by Gasteiger charge is -2.49. The van der Waals surface area contributed by atoms with Crippen molar-refractivity contribution in [1.82, 2.24) is 0 Å². The van der Waals surface area contributed by atoms with E-state index in [0.717, 1.165) is 18.4 Å². The molecular formula is C19H24O5. The molecule has 1 saturated carbocycles. The molecule has 2 heterocycles. The Morgan fingerprint density at radius 2 is 1.96 bits per heavy atom. The first-order valence-corrected chi connectivity index (χ1v) is 8.64. The standard InChI is InChI=1S/C19H24O5/c1-12-14-8-9-15(24-14)17(2)16(20)19(22,11-18(12,17)21)23-10-13-6-4-3-5-7-13/h3-7,12,14-15,21-22H,8-11H2,1-2H3/t12-,14+,15-,17+,18-,19-/m0/s1. The number of ether oxygens (including phenoxy) is 2. The fourth-order valence-electron chi connectivity index (χ4n) is 4.95. The van der Waals surface area contributed by atoms with Crippen molar-refractivity contribution in [1.29, 1.82) is 0 Å². The molecule has 0 spiro atoms. The highest BCUT2D eigenvalue weighted by molar-refractivity contribution is 5.96. The SMILES string of the molecule is C[C@H]1[C@H]2CC[C@H](O2)[C@]2(C)C(=O)[C@@](O)(OCc3ccccc3)C[C@]12O. The monoisotopic (exact) mass is 332 g/mol. The van der Waals surface area contributed by atoms with E-state index in [9.17, 15) is 15.0 Å². The predicted molar refractivity (Wildman–Crippen MR) is 85.9 cm³/mol. The van der Waals surface area contributed by atoms with Crippen molar-refractivity contribution in [3.8, 4) is 0 Å². The molecule has 1 aromatic carbocycles. The van der Waals surface area contributed by atoms with Crippen LogP contribution in [0.2, 0.25) is 0 Å². The van der Waals surface area contributed by atoms with Crippen molar-refractivity contribution >= 4 is 5.78 Å². The second kappa shape index (κ2) is 5.11. The lowest BCUT2D eigenvalue weighted by Crippen LogP contribution is -2.61. The van der Waals surface area contributed by atoms with Gasteiger partial charge in [-0.15, -0.1) is 0 Å². The Kier molecular flexibility index (Phi) is 3.45. The highest BCUT2D eigenvalue weighted by Crippen LogP contribution is 2.62. The van der Waals surface area contributed by atoms with Crippen LogP contribution in [0.4, 0.5) is 0 Å². The minimum absolute atomic E-state index is 0.0580. The summed E-state index contributed by atoms with van der Waals surface area (Å²) >= 11 is 0. The van der Waals surface area contributed by atoms with Gasteiger partial charge in [0.15, 0.2) is 0 Å². The Morgan fingerprint density at radius 1 is 1.25 bits per heavy atom. The molecule has 3 fully saturated rings. The summed E-state index contributed by atoms with van der Waals surface area (Å²) < 4.78 is 11.6. The zero-order valence-electron chi connectivity index (χ0n) is 14.1. The fourth-order valence-corrected chi connectivity index (χ4v) is 4.95. The average molecular weight is 332 g/mol. The van der Waals surface area contributed by atoms with E-state index in [2.05, 4.69) is 0 Å². The molecular weight excluding hydrogens is 308 g/mol. The van der Waals surface area contributed by atoms with Gasteiger partial charge < -0.3 is 19.7 Å². The molecule has 2 bridgehead atoms. The van der Waals surface area contributed by atoms with E-state index in [0.29, 0.717) is 0 Å². The fraction of sp³-hybridized carbons (Fsp3) is 0.632. The summed E-state index contributed by atoms with van der Waals surface area (Å²) in [4.78, 5) is 13.1. The van der Waals surface area contributed by atoms with Gasteiger partial charge in [0.05, 0.1) is 29.8 Å². The van der Waals surface area contributed by atoms with Crippen LogP contribution in [-0.4, -0.2) is 39.6 Å². The van der Waals surface area contributed by atoms with Crippen LogP contribution >= 0.6 is 0 Å². The molecule has 2 saturated heterocycles. The number of rotatable bonds is 3. The molecule has 130 valence electrons. The lowest BCUT2D eigenvalue weighted by atomic mass is 9.64. The third kappa shape index (κ3) is 1.93. The van der Waals surface area contributed by atoms with Crippen molar-refractivity contribution in [3.05, 3.63) is 35.9 Å². The second-order valence-electron chi connectivity index (χ2n) is 7.72. The van der Waals surface area contributed by atoms with E-state index < -0.39 is 22.6 Å². The maximum atomic E-state index is 13.1. The Hall–Kier alpha value is -1.27. The molecule has 2 aliphatic heterocycles. The second-order valence-corrected chi connectivity index (χ2v) is 7.72. The van der Waals surface area contributed by atoms with Gasteiger partial charge in [-0.3, -0.25) is 4.79 Å². The van der Waals surface area contributed by atoms with E-state index in [-0.39, 0.29) is 31.2 Å². The molecule has 5 heteroatoms. The Balaban J connectivity index is 1.64. The van der Waals surface area contributed by atoms with Gasteiger partial charge in [-0.05, 0) is 25.3 Å². The van der Waals surface area contributed by atoms with Gasteiger partial charge in [0.25, 0.3) is 0 Å². The van der Waals surface area contributed by atoms with E-state index in [4.69, 9.17) is 9.47 Å². The first kappa shape index (κ1) is 16.2. The molecule has 4 rings (SSSR count). The van der Waals surface area contributed by atoms with Crippen molar-refractivity contribution in [2.24, 2.45) is 11.3 Å². The van der Waals surface area contributed by atoms with Crippen LogP contribution in [0, 0.1) is 11.3 Å². The van der Waals surface area contributed by atoms with Crippen LogP contribution in [0.15, 0.2) is 30.3 Å². The van der Waals surface area contributed by atoms with Crippen LogP contribution in [0.3, 0.4) is 0 Å².